The van der Waals surface area contributed by atoms with E-state index in [4.69, 9.17) is 0 Å². The van der Waals surface area contributed by atoms with Gasteiger partial charge in [0, 0.05) is 30.3 Å². The van der Waals surface area contributed by atoms with Gasteiger partial charge in [-0.1, -0.05) is 31.2 Å². The third kappa shape index (κ3) is 4.45. The third-order valence-electron chi connectivity index (χ3n) is 5.28. The number of nitro groups is 1. The van der Waals surface area contributed by atoms with Crippen LogP contribution in [0.5, 0.6) is 0 Å². The minimum atomic E-state index is -0.712. The van der Waals surface area contributed by atoms with Crippen LogP contribution in [0.4, 0.5) is 5.69 Å². The Morgan fingerprint density at radius 2 is 1.86 bits per heavy atom. The van der Waals surface area contributed by atoms with Crippen molar-refractivity contribution >= 4 is 17.6 Å². The Hall–Kier alpha value is -3.22. The van der Waals surface area contributed by atoms with Gasteiger partial charge in [-0.05, 0) is 42.9 Å². The molecule has 0 saturated heterocycles. The topological polar surface area (TPSA) is 89.8 Å². The van der Waals surface area contributed by atoms with Crippen LogP contribution in [0.25, 0.3) is 0 Å². The summed E-state index contributed by atoms with van der Waals surface area (Å²) in [4.78, 5) is 37.7. The predicted octanol–water partition coefficient (Wildman–Crippen LogP) is 3.79. The lowest BCUT2D eigenvalue weighted by Gasteiger charge is -2.35. The zero-order valence-electron chi connectivity index (χ0n) is 16.6. The van der Waals surface area contributed by atoms with Crippen LogP contribution in [0.3, 0.4) is 0 Å². The van der Waals surface area contributed by atoms with Crippen LogP contribution >= 0.6 is 0 Å². The highest BCUT2D eigenvalue weighted by molar-refractivity contribution is 5.99. The Balaban J connectivity index is 1.94. The van der Waals surface area contributed by atoms with E-state index in [9.17, 15) is 19.7 Å². The van der Waals surface area contributed by atoms with Crippen molar-refractivity contribution in [3.63, 3.8) is 0 Å². The monoisotopic (exact) mass is 396 g/mol. The molecule has 29 heavy (non-hydrogen) atoms. The molecule has 0 fully saturated rings. The van der Waals surface area contributed by atoms with E-state index in [1.807, 2.05) is 19.1 Å². The van der Waals surface area contributed by atoms with E-state index in [0.29, 0.717) is 6.54 Å². The number of ether oxygens (including phenoxy) is 1. The highest BCUT2D eigenvalue weighted by Gasteiger charge is 2.29. The van der Waals surface area contributed by atoms with Crippen molar-refractivity contribution in [2.24, 2.45) is 0 Å². The second-order valence-corrected chi connectivity index (χ2v) is 7.18. The fourth-order valence-corrected chi connectivity index (χ4v) is 3.88. The van der Waals surface area contributed by atoms with E-state index < -0.39 is 10.9 Å². The molecule has 1 atom stereocenters. The smallest absolute Gasteiger partial charge is 0.338 e. The van der Waals surface area contributed by atoms with E-state index >= 15 is 0 Å². The lowest BCUT2D eigenvalue weighted by molar-refractivity contribution is -0.384. The summed E-state index contributed by atoms with van der Waals surface area (Å²) >= 11 is 0. The Kier molecular flexibility index (Phi) is 6.26. The minimum absolute atomic E-state index is 0.00418. The van der Waals surface area contributed by atoms with Crippen LogP contribution in [0, 0.1) is 10.1 Å². The SMILES string of the molecule is CCCN(C(=O)c1cc(C(=O)OC)cc([N+](=O)[O-])c1)C1CCc2ccccc2C1. The Bertz CT molecular complexity index is 941. The van der Waals surface area contributed by atoms with Crippen molar-refractivity contribution in [2.45, 2.75) is 38.6 Å². The van der Waals surface area contributed by atoms with Gasteiger partial charge in [-0.3, -0.25) is 14.9 Å². The summed E-state index contributed by atoms with van der Waals surface area (Å²) in [7, 11) is 1.20. The third-order valence-corrected chi connectivity index (χ3v) is 5.28. The number of non-ortho nitro benzene ring substituents is 1. The number of rotatable bonds is 6. The molecule has 1 aliphatic carbocycles. The van der Waals surface area contributed by atoms with Crippen LogP contribution < -0.4 is 0 Å². The molecule has 0 spiro atoms. The molecule has 2 aromatic carbocycles. The number of hydrogen-bond acceptors (Lipinski definition) is 5. The van der Waals surface area contributed by atoms with Crippen LogP contribution in [-0.2, 0) is 17.6 Å². The average molecular weight is 396 g/mol. The fourth-order valence-electron chi connectivity index (χ4n) is 3.88. The molecule has 0 heterocycles. The van der Waals surface area contributed by atoms with Crippen LogP contribution in [0.2, 0.25) is 0 Å². The number of benzene rings is 2. The molecule has 2 aromatic rings. The van der Waals surface area contributed by atoms with Crippen LogP contribution in [0.1, 0.15) is 51.6 Å². The van der Waals surface area contributed by atoms with Gasteiger partial charge in [-0.2, -0.15) is 0 Å². The molecule has 0 aromatic heterocycles. The summed E-state index contributed by atoms with van der Waals surface area (Å²) in [5.41, 5.74) is 2.35. The van der Waals surface area contributed by atoms with Gasteiger partial charge in [0.2, 0.25) is 0 Å². The summed E-state index contributed by atoms with van der Waals surface area (Å²) in [6, 6.07) is 12.0. The van der Waals surface area contributed by atoms with Gasteiger partial charge < -0.3 is 9.64 Å². The molecule has 3 rings (SSSR count). The summed E-state index contributed by atoms with van der Waals surface area (Å²) in [5, 5.41) is 11.3. The molecule has 1 amide bonds. The maximum atomic E-state index is 13.3. The Labute approximate surface area is 169 Å². The molecule has 1 unspecified atom stereocenters. The van der Waals surface area contributed by atoms with Crippen LogP contribution in [-0.4, -0.2) is 41.4 Å². The minimum Gasteiger partial charge on any atom is -0.465 e. The first-order valence-electron chi connectivity index (χ1n) is 9.70. The second kappa shape index (κ2) is 8.86. The molecule has 7 nitrogen and oxygen atoms in total. The molecule has 0 saturated carbocycles. The Morgan fingerprint density at radius 1 is 1.17 bits per heavy atom. The number of esters is 1. The zero-order valence-corrected chi connectivity index (χ0v) is 16.6. The quantitative estimate of drug-likeness (QED) is 0.421. The highest BCUT2D eigenvalue weighted by atomic mass is 16.6. The number of amides is 1. The number of nitro benzene ring substituents is 1. The molecule has 152 valence electrons. The van der Waals surface area contributed by atoms with E-state index in [1.54, 1.807) is 4.90 Å². The zero-order chi connectivity index (χ0) is 21.0. The first-order valence-corrected chi connectivity index (χ1v) is 9.70. The fraction of sp³-hybridized carbons (Fsp3) is 0.364. The largest absolute Gasteiger partial charge is 0.465 e. The van der Waals surface area contributed by atoms with Crippen molar-refractivity contribution in [2.75, 3.05) is 13.7 Å². The standard InChI is InChI=1S/C22H24N2O5/c1-3-10-23(19-9-8-15-6-4-5-7-16(15)12-19)21(25)17-11-18(22(26)29-2)14-20(13-17)24(27)28/h4-7,11,13-14,19H,3,8-10,12H2,1-2H3. The van der Waals surface area contributed by atoms with Crippen molar-refractivity contribution in [3.05, 3.63) is 74.8 Å². The van der Waals surface area contributed by atoms with Crippen molar-refractivity contribution in [1.82, 2.24) is 4.90 Å². The highest BCUT2D eigenvalue weighted by Crippen LogP contribution is 2.27. The van der Waals surface area contributed by atoms with E-state index in [-0.39, 0.29) is 28.8 Å². The van der Waals surface area contributed by atoms with Crippen LogP contribution in [0.15, 0.2) is 42.5 Å². The maximum absolute atomic E-state index is 13.3. The first-order chi connectivity index (χ1) is 13.9. The first kappa shape index (κ1) is 20.5. The van der Waals surface area contributed by atoms with Gasteiger partial charge in [0.15, 0.2) is 0 Å². The number of methoxy groups -OCH3 is 1. The number of aryl methyl sites for hydroxylation is 1. The van der Waals surface area contributed by atoms with E-state index in [2.05, 4.69) is 16.9 Å². The summed E-state index contributed by atoms with van der Waals surface area (Å²) in [6.07, 6.45) is 3.24. The number of carbonyl (C=O) groups excluding carboxylic acids is 2. The summed E-state index contributed by atoms with van der Waals surface area (Å²) in [5.74, 6) is -1.01. The molecular weight excluding hydrogens is 372 g/mol. The van der Waals surface area contributed by atoms with E-state index in [1.165, 1.54) is 30.4 Å². The summed E-state index contributed by atoms with van der Waals surface area (Å²) in [6.45, 7) is 2.53. The van der Waals surface area contributed by atoms with Crippen molar-refractivity contribution < 1.29 is 19.2 Å². The average Bonchev–Trinajstić information content (AvgIpc) is 2.75. The van der Waals surface area contributed by atoms with Gasteiger partial charge in [-0.25, -0.2) is 4.79 Å². The molecule has 7 heteroatoms. The summed E-state index contributed by atoms with van der Waals surface area (Å²) < 4.78 is 4.68. The van der Waals surface area contributed by atoms with Gasteiger partial charge in [0.25, 0.3) is 11.6 Å². The Morgan fingerprint density at radius 3 is 2.52 bits per heavy atom. The van der Waals surface area contributed by atoms with Gasteiger partial charge in [0.1, 0.15) is 0 Å². The van der Waals surface area contributed by atoms with Gasteiger partial charge in [-0.15, -0.1) is 0 Å². The van der Waals surface area contributed by atoms with Gasteiger partial charge >= 0.3 is 5.97 Å². The predicted molar refractivity (Wildman–Crippen MR) is 108 cm³/mol. The maximum Gasteiger partial charge on any atom is 0.338 e. The lowest BCUT2D eigenvalue weighted by Crippen LogP contribution is -2.44. The molecule has 0 bridgehead atoms. The molecular formula is C22H24N2O5. The number of hydrogen-bond donors (Lipinski definition) is 0. The number of carbonyl (C=O) groups is 2. The van der Waals surface area contributed by atoms with E-state index in [0.717, 1.165) is 31.7 Å². The second-order valence-electron chi connectivity index (χ2n) is 7.18. The van der Waals surface area contributed by atoms with Crippen molar-refractivity contribution in [3.8, 4) is 0 Å². The van der Waals surface area contributed by atoms with Gasteiger partial charge in [0.05, 0.1) is 17.6 Å². The molecule has 0 N–H and O–H groups in total. The molecule has 0 radical (unpaired) electrons. The normalized spacial score (nSPS) is 15.3. The number of nitrogens with zero attached hydrogens (tertiary/aromatic N) is 2. The lowest BCUT2D eigenvalue weighted by atomic mass is 9.87. The molecule has 1 aliphatic rings. The number of fused-ring (bicyclic) bond motifs is 1. The molecule has 0 aliphatic heterocycles. The van der Waals surface area contributed by atoms with Crippen molar-refractivity contribution in [1.29, 1.82) is 0 Å².